The molecule has 0 saturated carbocycles. The first-order valence-electron chi connectivity index (χ1n) is 7.22. The van der Waals surface area contributed by atoms with Crippen LogP contribution in [0.25, 0.3) is 0 Å². The Bertz CT molecular complexity index is 174. The molecule has 0 amide bonds. The Morgan fingerprint density at radius 3 is 1.94 bits per heavy atom. The quantitative estimate of drug-likeness (QED) is 0.368. The van der Waals surface area contributed by atoms with Gasteiger partial charge >= 0.3 is 0 Å². The monoisotopic (exact) mass is 221 g/mol. The fraction of sp³-hybridized carbons (Fsp3) is 0.929. The van der Waals surface area contributed by atoms with Crippen molar-refractivity contribution in [3.05, 3.63) is 0 Å². The van der Waals surface area contributed by atoms with Crippen molar-refractivity contribution in [1.82, 2.24) is 0 Å². The lowest BCUT2D eigenvalue weighted by molar-refractivity contribution is 0.552. The van der Waals surface area contributed by atoms with Crippen LogP contribution < -0.4 is 0 Å². The minimum atomic E-state index is 0.679. The van der Waals surface area contributed by atoms with Crippen LogP contribution in [0.2, 0.25) is 5.82 Å². The third-order valence-corrected chi connectivity index (χ3v) is 3.31. The molecule has 2 heteroatoms. The first-order chi connectivity index (χ1) is 7.85. The number of hydrogen-bond donors (Lipinski definition) is 0. The molecule has 0 aliphatic heterocycles. The van der Waals surface area contributed by atoms with Gasteiger partial charge in [-0.2, -0.15) is 0 Å². The second-order valence-electron chi connectivity index (χ2n) is 4.93. The molecule has 0 aliphatic carbocycles. The van der Waals surface area contributed by atoms with E-state index >= 15 is 0 Å². The Balaban J connectivity index is 3.48. The van der Waals surface area contributed by atoms with Crippen molar-refractivity contribution in [2.45, 2.75) is 83.9 Å². The Morgan fingerprint density at radius 1 is 0.875 bits per heavy atom. The first kappa shape index (κ1) is 15.6. The van der Waals surface area contributed by atoms with Crippen LogP contribution in [0, 0.1) is 11.2 Å². The summed E-state index contributed by atoms with van der Waals surface area (Å²) in [6.07, 6.45) is 13.3. The minimum Gasteiger partial charge on any atom is -0.213 e. The molecule has 1 unspecified atom stereocenters. The zero-order chi connectivity index (χ0) is 12.1. The number of nitrogens with zero attached hydrogens (tertiary/aromatic N) is 1. The first-order valence-corrected chi connectivity index (χ1v) is 7.22. The van der Waals surface area contributed by atoms with Gasteiger partial charge in [0.05, 0.1) is 0 Å². The highest BCUT2D eigenvalue weighted by atomic mass is 14.2. The molecule has 0 rings (SSSR count). The zero-order valence-corrected chi connectivity index (χ0v) is 11.3. The molecule has 0 spiro atoms. The van der Waals surface area contributed by atoms with Gasteiger partial charge in [0.1, 0.15) is 0 Å². The molecule has 0 aliphatic rings. The maximum Gasteiger partial charge on any atom is 0.253 e. The van der Waals surface area contributed by atoms with Crippen molar-refractivity contribution in [3.8, 4) is 5.97 Å². The summed E-state index contributed by atoms with van der Waals surface area (Å²) in [7, 11) is 0.775. The van der Waals surface area contributed by atoms with E-state index < -0.39 is 0 Å². The van der Waals surface area contributed by atoms with Crippen molar-refractivity contribution in [1.29, 1.82) is 5.26 Å². The van der Waals surface area contributed by atoms with Gasteiger partial charge in [-0.15, -0.1) is 0 Å². The average molecular weight is 221 g/mol. The topological polar surface area (TPSA) is 23.8 Å². The summed E-state index contributed by atoms with van der Waals surface area (Å²) in [4.78, 5) is 0. The van der Waals surface area contributed by atoms with Crippen molar-refractivity contribution >= 4 is 7.28 Å². The average Bonchev–Trinajstić information content (AvgIpc) is 2.29. The molecule has 0 fully saturated rings. The highest BCUT2D eigenvalue weighted by Crippen LogP contribution is 2.22. The Hall–Kier alpha value is -0.445. The molecule has 0 saturated heterocycles. The molecular formula is C14H28BN. The zero-order valence-electron chi connectivity index (χ0n) is 11.3. The maximum absolute atomic E-state index is 8.78. The van der Waals surface area contributed by atoms with E-state index in [9.17, 15) is 0 Å². The summed E-state index contributed by atoms with van der Waals surface area (Å²) < 4.78 is 0. The molecular weight excluding hydrogens is 193 g/mol. The van der Waals surface area contributed by atoms with Gasteiger partial charge in [0.2, 0.25) is 0 Å². The molecule has 0 radical (unpaired) electrons. The highest BCUT2D eigenvalue weighted by Gasteiger charge is 2.09. The third kappa shape index (κ3) is 10.1. The van der Waals surface area contributed by atoms with E-state index in [1.54, 1.807) is 0 Å². The lowest BCUT2D eigenvalue weighted by Gasteiger charge is -2.12. The van der Waals surface area contributed by atoms with Crippen LogP contribution >= 0.6 is 0 Å². The summed E-state index contributed by atoms with van der Waals surface area (Å²) in [5.74, 6) is 3.03. The number of hydrogen-bond acceptors (Lipinski definition) is 1. The van der Waals surface area contributed by atoms with Crippen LogP contribution in [0.15, 0.2) is 0 Å². The molecule has 92 valence electrons. The third-order valence-electron chi connectivity index (χ3n) is 3.31. The molecule has 0 heterocycles. The Morgan fingerprint density at radius 2 is 1.38 bits per heavy atom. The SMILES string of the molecule is CCCCCCCC(BC#N)CCCCC. The van der Waals surface area contributed by atoms with Crippen molar-refractivity contribution in [3.63, 3.8) is 0 Å². The fourth-order valence-electron chi connectivity index (χ4n) is 2.20. The van der Waals surface area contributed by atoms with Crippen molar-refractivity contribution < 1.29 is 0 Å². The number of rotatable bonds is 11. The van der Waals surface area contributed by atoms with Crippen molar-refractivity contribution in [2.24, 2.45) is 0 Å². The van der Waals surface area contributed by atoms with Crippen LogP contribution in [0.3, 0.4) is 0 Å². The molecule has 16 heavy (non-hydrogen) atoms. The van der Waals surface area contributed by atoms with Gasteiger partial charge in [-0.3, -0.25) is 0 Å². The van der Waals surface area contributed by atoms with Gasteiger partial charge in [-0.05, 0) is 5.97 Å². The number of nitriles is 1. The molecule has 0 N–H and O–H groups in total. The summed E-state index contributed by atoms with van der Waals surface area (Å²) in [5.41, 5.74) is 0. The molecule has 0 aromatic heterocycles. The van der Waals surface area contributed by atoms with Crippen LogP contribution in [0.5, 0.6) is 0 Å². The van der Waals surface area contributed by atoms with E-state index in [2.05, 4.69) is 19.8 Å². The molecule has 0 bridgehead atoms. The lowest BCUT2D eigenvalue weighted by atomic mass is 9.62. The van der Waals surface area contributed by atoms with Gasteiger partial charge < -0.3 is 0 Å². The predicted molar refractivity (Wildman–Crippen MR) is 74.0 cm³/mol. The smallest absolute Gasteiger partial charge is 0.213 e. The van der Waals surface area contributed by atoms with E-state index in [4.69, 9.17) is 5.26 Å². The van der Waals surface area contributed by atoms with Gasteiger partial charge in [0.15, 0.2) is 0 Å². The minimum absolute atomic E-state index is 0.679. The fourth-order valence-corrected chi connectivity index (χ4v) is 2.20. The summed E-state index contributed by atoms with van der Waals surface area (Å²) in [6.45, 7) is 4.49. The standard InChI is InChI=1S/C14H28BN/c1-3-5-7-8-10-12-14(15-13-16)11-9-6-4-2/h14-15H,3-12H2,1-2H3. The van der Waals surface area contributed by atoms with Crippen LogP contribution in [-0.2, 0) is 0 Å². The summed E-state index contributed by atoms with van der Waals surface area (Å²) in [5, 5.41) is 8.78. The molecule has 0 aromatic rings. The predicted octanol–water partition coefficient (Wildman–Crippen LogP) is 4.63. The van der Waals surface area contributed by atoms with E-state index in [0.29, 0.717) is 5.82 Å². The highest BCUT2D eigenvalue weighted by molar-refractivity contribution is 6.46. The largest absolute Gasteiger partial charge is 0.253 e. The molecule has 1 nitrogen and oxygen atoms in total. The van der Waals surface area contributed by atoms with E-state index in [0.717, 1.165) is 7.28 Å². The van der Waals surface area contributed by atoms with Crippen LogP contribution in [0.1, 0.15) is 78.1 Å². The van der Waals surface area contributed by atoms with Crippen LogP contribution in [0.4, 0.5) is 0 Å². The number of unbranched alkanes of at least 4 members (excludes halogenated alkanes) is 6. The summed E-state index contributed by atoms with van der Waals surface area (Å²) in [6, 6.07) is 0. The maximum atomic E-state index is 8.78. The second kappa shape index (κ2) is 12.6. The lowest BCUT2D eigenvalue weighted by Crippen LogP contribution is -2.02. The van der Waals surface area contributed by atoms with Crippen LogP contribution in [-0.4, -0.2) is 7.28 Å². The molecule has 1 atom stereocenters. The van der Waals surface area contributed by atoms with Gasteiger partial charge in [0, 0.05) is 0 Å². The van der Waals surface area contributed by atoms with E-state index in [-0.39, 0.29) is 0 Å². The van der Waals surface area contributed by atoms with Gasteiger partial charge in [-0.25, -0.2) is 5.26 Å². The van der Waals surface area contributed by atoms with Gasteiger partial charge in [0.25, 0.3) is 7.28 Å². The molecule has 0 aromatic carbocycles. The summed E-state index contributed by atoms with van der Waals surface area (Å²) >= 11 is 0. The van der Waals surface area contributed by atoms with Crippen molar-refractivity contribution in [2.75, 3.05) is 0 Å². The van der Waals surface area contributed by atoms with E-state index in [1.165, 1.54) is 64.2 Å². The van der Waals surface area contributed by atoms with Gasteiger partial charge in [-0.1, -0.05) is 83.9 Å². The second-order valence-corrected chi connectivity index (χ2v) is 4.93. The Labute approximate surface area is 103 Å². The van der Waals surface area contributed by atoms with E-state index in [1.807, 2.05) is 0 Å². The Kier molecular flexibility index (Phi) is 12.3. The normalized spacial score (nSPS) is 12.1.